The number of hydrogen-bond donors (Lipinski definition) is 0. The van der Waals surface area contributed by atoms with Crippen molar-refractivity contribution >= 4 is 23.9 Å². The van der Waals surface area contributed by atoms with Gasteiger partial charge in [0, 0.05) is 18.7 Å². The van der Waals surface area contributed by atoms with E-state index in [1.54, 1.807) is 19.1 Å². The van der Waals surface area contributed by atoms with Crippen LogP contribution in [0.5, 0.6) is 17.2 Å². The first-order chi connectivity index (χ1) is 15.9. The number of rotatable bonds is 8. The number of aldehydes is 1. The van der Waals surface area contributed by atoms with Gasteiger partial charge in [0.25, 0.3) is 0 Å². The number of carbonyl (C=O) groups excluding carboxylic acids is 3. The van der Waals surface area contributed by atoms with Gasteiger partial charge >= 0.3 is 12.1 Å². The summed E-state index contributed by atoms with van der Waals surface area (Å²) in [5, 5.41) is 0. The van der Waals surface area contributed by atoms with Gasteiger partial charge in [-0.25, -0.2) is 4.79 Å². The smallest absolute Gasteiger partial charge is 0.414 e. The van der Waals surface area contributed by atoms with Gasteiger partial charge in [-0.1, -0.05) is 12.1 Å². The number of benzene rings is 2. The predicted molar refractivity (Wildman–Crippen MR) is 121 cm³/mol. The highest BCUT2D eigenvalue weighted by molar-refractivity contribution is 6.09. The third-order valence-electron chi connectivity index (χ3n) is 5.12. The van der Waals surface area contributed by atoms with Crippen LogP contribution in [0, 0.1) is 0 Å². The molecule has 174 valence electrons. The molecule has 2 aromatic carbocycles. The van der Waals surface area contributed by atoms with Crippen LogP contribution in [0.4, 0.5) is 4.79 Å². The second-order valence-electron chi connectivity index (χ2n) is 7.29. The van der Waals surface area contributed by atoms with Crippen LogP contribution in [0.25, 0.3) is 5.57 Å². The highest BCUT2D eigenvalue weighted by Crippen LogP contribution is 2.42. The largest absolute Gasteiger partial charge is 0.494 e. The third kappa shape index (κ3) is 5.34. The molecule has 1 amide bonds. The van der Waals surface area contributed by atoms with Gasteiger partial charge in [-0.2, -0.15) is 0 Å². The van der Waals surface area contributed by atoms with Gasteiger partial charge in [-0.15, -0.1) is 0 Å². The molecule has 1 aliphatic heterocycles. The second kappa shape index (κ2) is 10.7. The number of carbonyl (C=O) groups is 3. The Morgan fingerprint density at radius 3 is 2.52 bits per heavy atom. The zero-order chi connectivity index (χ0) is 24.0. The van der Waals surface area contributed by atoms with Crippen molar-refractivity contribution in [2.45, 2.75) is 33.2 Å². The van der Waals surface area contributed by atoms with Gasteiger partial charge in [0.2, 0.25) is 0 Å². The number of allylic oxidation sites excluding steroid dienone is 1. The van der Waals surface area contributed by atoms with E-state index in [-0.39, 0.29) is 17.9 Å². The van der Waals surface area contributed by atoms with Crippen LogP contribution >= 0.6 is 0 Å². The number of ether oxygens (including phenoxy) is 4. The molecule has 8 heteroatoms. The number of methoxy groups -OCH3 is 1. The Hall–Kier alpha value is -3.81. The molecule has 1 aliphatic rings. The lowest BCUT2D eigenvalue weighted by Crippen LogP contribution is -2.35. The maximum atomic E-state index is 12.8. The normalized spacial score (nSPS) is 14.6. The van der Waals surface area contributed by atoms with E-state index in [1.165, 1.54) is 25.1 Å². The Balaban J connectivity index is 2.14. The topological polar surface area (TPSA) is 91.4 Å². The molecule has 2 aromatic rings. The van der Waals surface area contributed by atoms with Crippen LogP contribution in [0.15, 0.2) is 42.6 Å². The summed E-state index contributed by atoms with van der Waals surface area (Å²) in [5.41, 5.74) is 2.40. The molecule has 0 saturated carbocycles. The summed E-state index contributed by atoms with van der Waals surface area (Å²) in [6.07, 6.45) is 1.97. The van der Waals surface area contributed by atoms with Gasteiger partial charge in [-0.3, -0.25) is 14.5 Å². The van der Waals surface area contributed by atoms with E-state index in [0.29, 0.717) is 36.2 Å². The summed E-state index contributed by atoms with van der Waals surface area (Å²) >= 11 is 0. The van der Waals surface area contributed by atoms with Crippen LogP contribution in [0.2, 0.25) is 0 Å². The molecule has 0 spiro atoms. The lowest BCUT2D eigenvalue weighted by Gasteiger charge is -2.34. The third-order valence-corrected chi connectivity index (χ3v) is 5.12. The van der Waals surface area contributed by atoms with E-state index >= 15 is 0 Å². The number of fused-ring (bicyclic) bond motifs is 1. The minimum atomic E-state index is -0.573. The van der Waals surface area contributed by atoms with Crippen molar-refractivity contribution in [3.05, 3.63) is 59.3 Å². The Morgan fingerprint density at radius 1 is 1.09 bits per heavy atom. The Kier molecular flexibility index (Phi) is 7.71. The number of hydrogen-bond acceptors (Lipinski definition) is 7. The van der Waals surface area contributed by atoms with E-state index in [1.807, 2.05) is 31.2 Å². The molecule has 1 atom stereocenters. The fourth-order valence-corrected chi connectivity index (χ4v) is 3.79. The lowest BCUT2D eigenvalue weighted by molar-refractivity contribution is -0.132. The van der Waals surface area contributed by atoms with E-state index in [4.69, 9.17) is 18.9 Å². The monoisotopic (exact) mass is 453 g/mol. The highest BCUT2D eigenvalue weighted by Gasteiger charge is 2.34. The molecular formula is C25H27NO7. The van der Waals surface area contributed by atoms with Gasteiger partial charge in [0.1, 0.15) is 5.75 Å². The highest BCUT2D eigenvalue weighted by atomic mass is 16.6. The first-order valence-electron chi connectivity index (χ1n) is 10.7. The summed E-state index contributed by atoms with van der Waals surface area (Å²) in [7, 11) is 1.46. The molecule has 0 fully saturated rings. The SMILES string of the molecule is CCOC(=O)N1C=C(C=O)c2cc(OC(C)=O)c(OC)cc2C1Cc1cccc(OCC)c1. The summed E-state index contributed by atoms with van der Waals surface area (Å²) in [4.78, 5) is 37.7. The molecule has 0 aliphatic carbocycles. The first-order valence-corrected chi connectivity index (χ1v) is 10.7. The van der Waals surface area contributed by atoms with E-state index in [0.717, 1.165) is 11.3 Å². The van der Waals surface area contributed by atoms with Crippen LogP contribution < -0.4 is 14.2 Å². The van der Waals surface area contributed by atoms with Crippen molar-refractivity contribution in [2.24, 2.45) is 0 Å². The molecule has 1 heterocycles. The van der Waals surface area contributed by atoms with Crippen LogP contribution in [-0.4, -0.2) is 43.6 Å². The zero-order valence-corrected chi connectivity index (χ0v) is 19.1. The van der Waals surface area contributed by atoms with Gasteiger partial charge in [-0.05, 0) is 61.2 Å². The van der Waals surface area contributed by atoms with E-state index in [9.17, 15) is 14.4 Å². The lowest BCUT2D eigenvalue weighted by atomic mass is 9.87. The summed E-state index contributed by atoms with van der Waals surface area (Å²) in [6.45, 7) is 5.63. The fourth-order valence-electron chi connectivity index (χ4n) is 3.79. The molecular weight excluding hydrogens is 426 g/mol. The molecule has 0 N–H and O–H groups in total. The maximum Gasteiger partial charge on any atom is 0.414 e. The Bertz CT molecular complexity index is 1080. The van der Waals surface area contributed by atoms with Gasteiger partial charge < -0.3 is 18.9 Å². The van der Waals surface area contributed by atoms with Crippen molar-refractivity contribution < 1.29 is 33.3 Å². The van der Waals surface area contributed by atoms with Crippen molar-refractivity contribution in [2.75, 3.05) is 20.3 Å². The van der Waals surface area contributed by atoms with Crippen molar-refractivity contribution in [3.8, 4) is 17.2 Å². The first kappa shape index (κ1) is 23.8. The van der Waals surface area contributed by atoms with Crippen molar-refractivity contribution in [3.63, 3.8) is 0 Å². The molecule has 1 unspecified atom stereocenters. The predicted octanol–water partition coefficient (Wildman–Crippen LogP) is 4.31. The van der Waals surface area contributed by atoms with Gasteiger partial charge in [0.05, 0.1) is 26.4 Å². The van der Waals surface area contributed by atoms with E-state index < -0.39 is 18.1 Å². The minimum Gasteiger partial charge on any atom is -0.494 e. The quantitative estimate of drug-likeness (QED) is 0.334. The molecule has 0 saturated heterocycles. The molecule has 33 heavy (non-hydrogen) atoms. The molecule has 0 aromatic heterocycles. The van der Waals surface area contributed by atoms with E-state index in [2.05, 4.69) is 0 Å². The zero-order valence-electron chi connectivity index (χ0n) is 19.1. The molecule has 0 radical (unpaired) electrons. The number of amides is 1. The van der Waals surface area contributed by atoms with Crippen molar-refractivity contribution in [1.82, 2.24) is 4.90 Å². The summed E-state index contributed by atoms with van der Waals surface area (Å²) < 4.78 is 21.6. The molecule has 0 bridgehead atoms. The number of esters is 1. The summed E-state index contributed by atoms with van der Waals surface area (Å²) in [6, 6.07) is 10.4. The average molecular weight is 453 g/mol. The summed E-state index contributed by atoms with van der Waals surface area (Å²) in [5.74, 6) is 0.713. The molecule has 8 nitrogen and oxygen atoms in total. The van der Waals surface area contributed by atoms with Crippen LogP contribution in [0.3, 0.4) is 0 Å². The Morgan fingerprint density at radius 2 is 1.88 bits per heavy atom. The Labute approximate surface area is 192 Å². The molecule has 3 rings (SSSR count). The van der Waals surface area contributed by atoms with Crippen LogP contribution in [-0.2, 0) is 20.7 Å². The fraction of sp³-hybridized carbons (Fsp3) is 0.320. The second-order valence-corrected chi connectivity index (χ2v) is 7.29. The average Bonchev–Trinajstić information content (AvgIpc) is 2.79. The number of nitrogens with zero attached hydrogens (tertiary/aromatic N) is 1. The standard InChI is InChI=1S/C25H27NO7/c1-5-31-19-9-7-8-17(10-19)11-22-21-13-23(30-4)24(33-16(3)28)12-20(21)18(15-27)14-26(22)25(29)32-6-2/h7-10,12-15,22H,5-6,11H2,1-4H3. The van der Waals surface area contributed by atoms with Crippen LogP contribution in [0.1, 0.15) is 43.5 Å². The maximum absolute atomic E-state index is 12.8. The van der Waals surface area contributed by atoms with Gasteiger partial charge in [0.15, 0.2) is 17.8 Å². The van der Waals surface area contributed by atoms with Crippen molar-refractivity contribution in [1.29, 1.82) is 0 Å². The minimum absolute atomic E-state index is 0.188.